The van der Waals surface area contributed by atoms with Gasteiger partial charge < -0.3 is 15.1 Å². The highest BCUT2D eigenvalue weighted by Crippen LogP contribution is 2.29. The Bertz CT molecular complexity index is 1160. The molecule has 0 unspecified atom stereocenters. The number of amides is 3. The van der Waals surface area contributed by atoms with E-state index in [9.17, 15) is 14.4 Å². The lowest BCUT2D eigenvalue weighted by Gasteiger charge is -2.39. The molecular formula is C27H32Cl2N4O3. The lowest BCUT2D eigenvalue weighted by atomic mass is 10.0. The van der Waals surface area contributed by atoms with E-state index in [4.69, 9.17) is 23.2 Å². The predicted molar refractivity (Wildman–Crippen MR) is 142 cm³/mol. The molecule has 0 aliphatic carbocycles. The van der Waals surface area contributed by atoms with E-state index in [2.05, 4.69) is 10.2 Å². The smallest absolute Gasteiger partial charge is 0.253 e. The van der Waals surface area contributed by atoms with Crippen LogP contribution in [0.5, 0.6) is 0 Å². The van der Waals surface area contributed by atoms with Gasteiger partial charge >= 0.3 is 0 Å². The molecule has 2 fully saturated rings. The van der Waals surface area contributed by atoms with Crippen LogP contribution < -0.4 is 5.32 Å². The first kappa shape index (κ1) is 26.5. The van der Waals surface area contributed by atoms with Gasteiger partial charge in [0.15, 0.2) is 0 Å². The number of hydrogen-bond donors (Lipinski definition) is 1. The molecule has 2 saturated heterocycles. The van der Waals surface area contributed by atoms with Gasteiger partial charge in [-0.25, -0.2) is 0 Å². The van der Waals surface area contributed by atoms with Crippen LogP contribution in [0.2, 0.25) is 10.0 Å². The minimum atomic E-state index is -0.502. The fourth-order valence-electron chi connectivity index (χ4n) is 5.13. The summed E-state index contributed by atoms with van der Waals surface area (Å²) >= 11 is 12.2. The van der Waals surface area contributed by atoms with Crippen LogP contribution in [0.3, 0.4) is 0 Å². The summed E-state index contributed by atoms with van der Waals surface area (Å²) in [6, 6.07) is 10.5. The number of anilines is 1. The molecule has 0 spiro atoms. The van der Waals surface area contributed by atoms with Crippen LogP contribution in [-0.2, 0) is 16.1 Å². The highest BCUT2D eigenvalue weighted by Gasteiger charge is 2.41. The number of benzene rings is 2. The SMILES string of the molecule is Cc1cc(NC(=O)[C@H]2CCC(=O)N2C2CCN(Cc3ccc(Cl)c(Cl)c3)CC2)cc(C(=O)N(C)C)c1. The van der Waals surface area contributed by atoms with Gasteiger partial charge in [-0.3, -0.25) is 19.3 Å². The second-order valence-corrected chi connectivity index (χ2v) is 10.7. The van der Waals surface area contributed by atoms with Crippen molar-refractivity contribution < 1.29 is 14.4 Å². The average molecular weight is 531 g/mol. The van der Waals surface area contributed by atoms with Crippen molar-refractivity contribution in [3.8, 4) is 0 Å². The van der Waals surface area contributed by atoms with E-state index in [0.29, 0.717) is 34.1 Å². The summed E-state index contributed by atoms with van der Waals surface area (Å²) in [6.07, 6.45) is 2.49. The van der Waals surface area contributed by atoms with Crippen molar-refractivity contribution in [2.75, 3.05) is 32.5 Å². The molecule has 2 aliphatic heterocycles. The molecule has 1 N–H and O–H groups in total. The third-order valence-electron chi connectivity index (χ3n) is 6.90. The summed E-state index contributed by atoms with van der Waals surface area (Å²) in [5, 5.41) is 4.05. The molecule has 2 aromatic carbocycles. The van der Waals surface area contributed by atoms with Crippen LogP contribution in [0.4, 0.5) is 5.69 Å². The maximum absolute atomic E-state index is 13.3. The van der Waals surface area contributed by atoms with Crippen molar-refractivity contribution in [1.82, 2.24) is 14.7 Å². The molecule has 7 nitrogen and oxygen atoms in total. The summed E-state index contributed by atoms with van der Waals surface area (Å²) in [7, 11) is 3.39. The zero-order valence-electron chi connectivity index (χ0n) is 20.9. The fourth-order valence-corrected chi connectivity index (χ4v) is 5.45. The number of nitrogens with one attached hydrogen (secondary N) is 1. The van der Waals surface area contributed by atoms with Crippen molar-refractivity contribution in [2.45, 2.75) is 51.2 Å². The van der Waals surface area contributed by atoms with Gasteiger partial charge in [-0.1, -0.05) is 29.3 Å². The quantitative estimate of drug-likeness (QED) is 0.592. The van der Waals surface area contributed by atoms with Gasteiger partial charge in [0, 0.05) is 57.4 Å². The Morgan fingerprint density at radius 3 is 2.42 bits per heavy atom. The summed E-state index contributed by atoms with van der Waals surface area (Å²) in [5.41, 5.74) is 3.07. The van der Waals surface area contributed by atoms with Crippen LogP contribution in [-0.4, -0.2) is 71.7 Å². The van der Waals surface area contributed by atoms with Gasteiger partial charge in [0.05, 0.1) is 10.0 Å². The van der Waals surface area contributed by atoms with Gasteiger partial charge in [0.25, 0.3) is 5.91 Å². The maximum atomic E-state index is 13.3. The molecule has 192 valence electrons. The molecule has 2 aromatic rings. The van der Waals surface area contributed by atoms with Crippen molar-refractivity contribution in [1.29, 1.82) is 0 Å². The van der Waals surface area contributed by atoms with Crippen LogP contribution in [0.1, 0.15) is 47.2 Å². The normalized spacial score (nSPS) is 19.0. The molecule has 9 heteroatoms. The van der Waals surface area contributed by atoms with Gasteiger partial charge in [-0.2, -0.15) is 0 Å². The average Bonchev–Trinajstić information content (AvgIpc) is 3.22. The maximum Gasteiger partial charge on any atom is 0.253 e. The van der Waals surface area contributed by atoms with Crippen molar-refractivity contribution >= 4 is 46.6 Å². The van der Waals surface area contributed by atoms with E-state index < -0.39 is 6.04 Å². The minimum Gasteiger partial charge on any atom is -0.345 e. The number of hydrogen-bond acceptors (Lipinski definition) is 4. The Labute approximate surface area is 222 Å². The molecule has 0 saturated carbocycles. The number of halogens is 2. The van der Waals surface area contributed by atoms with Crippen LogP contribution in [0.25, 0.3) is 0 Å². The zero-order chi connectivity index (χ0) is 26.0. The van der Waals surface area contributed by atoms with Crippen LogP contribution >= 0.6 is 23.2 Å². The lowest BCUT2D eigenvalue weighted by molar-refractivity contribution is -0.136. The molecule has 3 amide bonds. The fraction of sp³-hybridized carbons (Fsp3) is 0.444. The Morgan fingerprint density at radius 1 is 1.03 bits per heavy atom. The Balaban J connectivity index is 1.39. The summed E-state index contributed by atoms with van der Waals surface area (Å²) < 4.78 is 0. The highest BCUT2D eigenvalue weighted by molar-refractivity contribution is 6.42. The number of piperidine rings is 1. The number of rotatable bonds is 6. The van der Waals surface area contributed by atoms with Crippen molar-refractivity contribution in [3.05, 3.63) is 63.1 Å². The predicted octanol–water partition coefficient (Wildman–Crippen LogP) is 4.60. The Hall–Kier alpha value is -2.61. The first-order valence-electron chi connectivity index (χ1n) is 12.2. The standard InChI is InChI=1S/C27H32Cl2N4O3/c1-17-12-19(27(36)31(2)3)15-20(13-17)30-26(35)24-6-7-25(34)33(24)21-8-10-32(11-9-21)16-18-4-5-22(28)23(29)14-18/h4-5,12-15,21,24H,6-11,16H2,1-3H3,(H,30,35)/t24-/m1/s1. The first-order valence-corrected chi connectivity index (χ1v) is 13.0. The third kappa shape index (κ3) is 6.02. The van der Waals surface area contributed by atoms with E-state index in [1.54, 1.807) is 31.1 Å². The van der Waals surface area contributed by atoms with E-state index in [1.165, 1.54) is 4.90 Å². The molecular weight excluding hydrogens is 499 g/mol. The Morgan fingerprint density at radius 2 is 1.75 bits per heavy atom. The van der Waals surface area contributed by atoms with Gasteiger partial charge in [0.2, 0.25) is 11.8 Å². The van der Waals surface area contributed by atoms with E-state index in [-0.39, 0.29) is 23.8 Å². The molecule has 1 atom stereocenters. The first-order chi connectivity index (χ1) is 17.1. The molecule has 0 radical (unpaired) electrons. The molecule has 2 aliphatic rings. The van der Waals surface area contributed by atoms with Gasteiger partial charge in [-0.15, -0.1) is 0 Å². The summed E-state index contributed by atoms with van der Waals surface area (Å²) in [6.45, 7) is 4.32. The molecule has 0 bridgehead atoms. The second-order valence-electron chi connectivity index (χ2n) is 9.89. The van der Waals surface area contributed by atoms with Gasteiger partial charge in [0.1, 0.15) is 6.04 Å². The lowest BCUT2D eigenvalue weighted by Crippen LogP contribution is -2.51. The van der Waals surface area contributed by atoms with E-state index in [0.717, 1.165) is 43.6 Å². The number of carbonyl (C=O) groups excluding carboxylic acids is 3. The van der Waals surface area contributed by atoms with Gasteiger partial charge in [-0.05, 0) is 67.6 Å². The molecule has 0 aromatic heterocycles. The highest BCUT2D eigenvalue weighted by atomic mass is 35.5. The second kappa shape index (κ2) is 11.2. The number of carbonyl (C=O) groups is 3. The minimum absolute atomic E-state index is 0.0317. The topological polar surface area (TPSA) is 73.0 Å². The van der Waals surface area contributed by atoms with E-state index >= 15 is 0 Å². The summed E-state index contributed by atoms with van der Waals surface area (Å²) in [4.78, 5) is 44.1. The number of likely N-dealkylation sites (tertiary alicyclic amines) is 2. The van der Waals surface area contributed by atoms with Crippen LogP contribution in [0, 0.1) is 6.92 Å². The summed E-state index contributed by atoms with van der Waals surface area (Å²) in [5.74, 6) is -0.293. The largest absolute Gasteiger partial charge is 0.345 e. The molecule has 36 heavy (non-hydrogen) atoms. The van der Waals surface area contributed by atoms with Crippen LogP contribution in [0.15, 0.2) is 36.4 Å². The molecule has 2 heterocycles. The Kier molecular flexibility index (Phi) is 8.23. The van der Waals surface area contributed by atoms with Crippen molar-refractivity contribution in [2.24, 2.45) is 0 Å². The third-order valence-corrected chi connectivity index (χ3v) is 7.64. The zero-order valence-corrected chi connectivity index (χ0v) is 22.4. The number of aryl methyl sites for hydroxylation is 1. The number of nitrogens with zero attached hydrogens (tertiary/aromatic N) is 3. The monoisotopic (exact) mass is 530 g/mol. The molecule has 4 rings (SSSR count). The van der Waals surface area contributed by atoms with E-state index in [1.807, 2.05) is 31.2 Å². The van der Waals surface area contributed by atoms with Crippen molar-refractivity contribution in [3.63, 3.8) is 0 Å².